The maximum absolute atomic E-state index is 12.3. The van der Waals surface area contributed by atoms with Crippen molar-refractivity contribution in [3.8, 4) is 11.5 Å². The molecule has 1 aromatic carbocycles. The standard InChI is InChI=1S/C16H18F3NO5/c17-16(18,19)10-25-13-6-2-1-5-12(13)24-9-14(21)20-7-3-4-11(20)8-15(22)23/h1-2,5-6,11H,3-4,7-10H2,(H,22,23). The summed E-state index contributed by atoms with van der Waals surface area (Å²) in [5.41, 5.74) is 0. The molecule has 0 spiro atoms. The first-order valence-corrected chi connectivity index (χ1v) is 7.69. The highest BCUT2D eigenvalue weighted by Crippen LogP contribution is 2.29. The molecule has 1 fully saturated rings. The third-order valence-electron chi connectivity index (χ3n) is 3.70. The van der Waals surface area contributed by atoms with Crippen LogP contribution in [0.2, 0.25) is 0 Å². The molecule has 25 heavy (non-hydrogen) atoms. The van der Waals surface area contributed by atoms with Crippen LogP contribution in [0, 0.1) is 0 Å². The summed E-state index contributed by atoms with van der Waals surface area (Å²) in [5.74, 6) is -1.49. The summed E-state index contributed by atoms with van der Waals surface area (Å²) in [4.78, 5) is 24.5. The molecule has 1 aromatic rings. The quantitative estimate of drug-likeness (QED) is 0.807. The number of hydrogen-bond acceptors (Lipinski definition) is 4. The normalized spacial score (nSPS) is 17.4. The molecule has 0 aromatic heterocycles. The van der Waals surface area contributed by atoms with Gasteiger partial charge >= 0.3 is 12.1 Å². The molecule has 0 aliphatic carbocycles. The van der Waals surface area contributed by atoms with Gasteiger partial charge in [-0.3, -0.25) is 9.59 Å². The maximum Gasteiger partial charge on any atom is 0.422 e. The summed E-state index contributed by atoms with van der Waals surface area (Å²) in [7, 11) is 0. The lowest BCUT2D eigenvalue weighted by Gasteiger charge is -2.23. The number of rotatable bonds is 7. The number of alkyl halides is 3. The van der Waals surface area contributed by atoms with Gasteiger partial charge in [0.15, 0.2) is 24.7 Å². The Bertz CT molecular complexity index is 620. The number of benzene rings is 1. The molecule has 1 aliphatic heterocycles. The number of carbonyl (C=O) groups is 2. The van der Waals surface area contributed by atoms with E-state index in [0.29, 0.717) is 19.4 Å². The molecule has 6 nitrogen and oxygen atoms in total. The molecule has 1 aliphatic rings. The summed E-state index contributed by atoms with van der Waals surface area (Å²) in [6, 6.07) is 5.37. The zero-order chi connectivity index (χ0) is 18.4. The lowest BCUT2D eigenvalue weighted by atomic mass is 10.1. The van der Waals surface area contributed by atoms with Gasteiger partial charge < -0.3 is 19.5 Å². The summed E-state index contributed by atoms with van der Waals surface area (Å²) in [5, 5.41) is 8.86. The number of para-hydroxylation sites is 2. The summed E-state index contributed by atoms with van der Waals surface area (Å²) < 4.78 is 46.8. The Kier molecular flexibility index (Phi) is 6.11. The number of aliphatic carboxylic acids is 1. The highest BCUT2D eigenvalue weighted by molar-refractivity contribution is 5.79. The average Bonchev–Trinajstić information content (AvgIpc) is 2.98. The first-order valence-electron chi connectivity index (χ1n) is 7.69. The highest BCUT2D eigenvalue weighted by Gasteiger charge is 2.31. The Morgan fingerprint density at radius 3 is 2.44 bits per heavy atom. The summed E-state index contributed by atoms with van der Waals surface area (Å²) >= 11 is 0. The van der Waals surface area contributed by atoms with E-state index in [1.807, 2.05) is 0 Å². The van der Waals surface area contributed by atoms with Gasteiger partial charge in [0.2, 0.25) is 0 Å². The SMILES string of the molecule is O=C(O)CC1CCCN1C(=O)COc1ccccc1OCC(F)(F)F. The van der Waals surface area contributed by atoms with Crippen LogP contribution in [0.4, 0.5) is 13.2 Å². The van der Waals surface area contributed by atoms with Gasteiger partial charge in [0.25, 0.3) is 5.91 Å². The number of likely N-dealkylation sites (tertiary alicyclic amines) is 1. The number of amides is 1. The third kappa shape index (κ3) is 5.84. The van der Waals surface area contributed by atoms with Gasteiger partial charge in [-0.15, -0.1) is 0 Å². The van der Waals surface area contributed by atoms with E-state index in [0.717, 1.165) is 0 Å². The molecule has 0 radical (unpaired) electrons. The van der Waals surface area contributed by atoms with Gasteiger partial charge in [0.1, 0.15) is 0 Å². The van der Waals surface area contributed by atoms with Crippen LogP contribution < -0.4 is 9.47 Å². The number of hydrogen-bond donors (Lipinski definition) is 1. The minimum Gasteiger partial charge on any atom is -0.481 e. The van der Waals surface area contributed by atoms with Crippen molar-refractivity contribution in [1.29, 1.82) is 0 Å². The van der Waals surface area contributed by atoms with Gasteiger partial charge in [-0.1, -0.05) is 12.1 Å². The second-order valence-electron chi connectivity index (χ2n) is 5.62. The van der Waals surface area contributed by atoms with Crippen molar-refractivity contribution in [2.45, 2.75) is 31.5 Å². The van der Waals surface area contributed by atoms with Crippen molar-refractivity contribution in [2.75, 3.05) is 19.8 Å². The Hall–Kier alpha value is -2.45. The predicted octanol–water partition coefficient (Wildman–Crippen LogP) is 2.47. The van der Waals surface area contributed by atoms with Crippen LogP contribution >= 0.6 is 0 Å². The molecule has 9 heteroatoms. The molecule has 1 unspecified atom stereocenters. The second-order valence-corrected chi connectivity index (χ2v) is 5.62. The van der Waals surface area contributed by atoms with E-state index in [4.69, 9.17) is 9.84 Å². The topological polar surface area (TPSA) is 76.1 Å². The van der Waals surface area contributed by atoms with Crippen LogP contribution in [-0.2, 0) is 9.59 Å². The van der Waals surface area contributed by atoms with Gasteiger partial charge in [0.05, 0.1) is 6.42 Å². The van der Waals surface area contributed by atoms with E-state index in [2.05, 4.69) is 4.74 Å². The van der Waals surface area contributed by atoms with Crippen LogP contribution in [0.5, 0.6) is 11.5 Å². The summed E-state index contributed by atoms with van der Waals surface area (Å²) in [6.45, 7) is -1.43. The number of carboxylic acids is 1. The molecule has 1 N–H and O–H groups in total. The Balaban J connectivity index is 1.94. The fourth-order valence-electron chi connectivity index (χ4n) is 2.65. The van der Waals surface area contributed by atoms with Crippen LogP contribution in [0.25, 0.3) is 0 Å². The zero-order valence-corrected chi connectivity index (χ0v) is 13.3. The first kappa shape index (κ1) is 18.9. The molecule has 0 saturated carbocycles. The molecule has 1 amide bonds. The molecular weight excluding hydrogens is 343 g/mol. The van der Waals surface area contributed by atoms with E-state index in [1.54, 1.807) is 6.07 Å². The fourth-order valence-corrected chi connectivity index (χ4v) is 2.65. The smallest absolute Gasteiger partial charge is 0.422 e. The molecule has 138 valence electrons. The van der Waals surface area contributed by atoms with Gasteiger partial charge in [0, 0.05) is 12.6 Å². The lowest BCUT2D eigenvalue weighted by Crippen LogP contribution is -2.39. The molecule has 1 heterocycles. The van der Waals surface area contributed by atoms with Crippen molar-refractivity contribution in [2.24, 2.45) is 0 Å². The maximum atomic E-state index is 12.3. The van der Waals surface area contributed by atoms with Crippen LogP contribution in [0.3, 0.4) is 0 Å². The van der Waals surface area contributed by atoms with E-state index < -0.39 is 31.3 Å². The van der Waals surface area contributed by atoms with Crippen molar-refractivity contribution < 1.29 is 37.3 Å². The Morgan fingerprint density at radius 1 is 1.20 bits per heavy atom. The van der Waals surface area contributed by atoms with Crippen molar-refractivity contribution in [1.82, 2.24) is 4.90 Å². The fraction of sp³-hybridized carbons (Fsp3) is 0.500. The first-order chi connectivity index (χ1) is 11.8. The van der Waals surface area contributed by atoms with Gasteiger partial charge in [-0.05, 0) is 25.0 Å². The molecule has 1 saturated heterocycles. The number of halogens is 3. The van der Waals surface area contributed by atoms with Gasteiger partial charge in [-0.2, -0.15) is 13.2 Å². The van der Waals surface area contributed by atoms with Crippen LogP contribution in [0.15, 0.2) is 24.3 Å². The van der Waals surface area contributed by atoms with Gasteiger partial charge in [-0.25, -0.2) is 0 Å². The third-order valence-corrected chi connectivity index (χ3v) is 3.70. The van der Waals surface area contributed by atoms with Crippen molar-refractivity contribution in [3.63, 3.8) is 0 Å². The molecule has 1 atom stereocenters. The molecule has 2 rings (SSSR count). The van der Waals surface area contributed by atoms with Crippen LogP contribution in [-0.4, -0.2) is 53.9 Å². The molecular formula is C16H18F3NO5. The number of nitrogens with zero attached hydrogens (tertiary/aromatic N) is 1. The average molecular weight is 361 g/mol. The van der Waals surface area contributed by atoms with E-state index in [9.17, 15) is 22.8 Å². The predicted molar refractivity (Wildman–Crippen MR) is 80.5 cm³/mol. The second kappa shape index (κ2) is 8.09. The largest absolute Gasteiger partial charge is 0.481 e. The highest BCUT2D eigenvalue weighted by atomic mass is 19.4. The number of carboxylic acid groups (broad SMARTS) is 1. The van der Waals surface area contributed by atoms with E-state index in [1.165, 1.54) is 23.1 Å². The monoisotopic (exact) mass is 361 g/mol. The number of ether oxygens (including phenoxy) is 2. The molecule has 0 bridgehead atoms. The minimum absolute atomic E-state index is 0.0223. The minimum atomic E-state index is -4.48. The van der Waals surface area contributed by atoms with E-state index in [-0.39, 0.29) is 24.0 Å². The van der Waals surface area contributed by atoms with E-state index >= 15 is 0 Å². The summed E-state index contributed by atoms with van der Waals surface area (Å²) in [6.07, 6.45) is -3.32. The van der Waals surface area contributed by atoms with Crippen molar-refractivity contribution >= 4 is 11.9 Å². The van der Waals surface area contributed by atoms with Crippen molar-refractivity contribution in [3.05, 3.63) is 24.3 Å². The van der Waals surface area contributed by atoms with Crippen LogP contribution in [0.1, 0.15) is 19.3 Å². The lowest BCUT2D eigenvalue weighted by molar-refractivity contribution is -0.154. The Morgan fingerprint density at radius 2 is 1.84 bits per heavy atom. The zero-order valence-electron chi connectivity index (χ0n) is 13.3. The number of carbonyl (C=O) groups excluding carboxylic acids is 1. The Labute approximate surface area is 142 Å².